The molecule has 1 unspecified atom stereocenters. The van der Waals surface area contributed by atoms with E-state index in [9.17, 15) is 15.0 Å². The summed E-state index contributed by atoms with van der Waals surface area (Å²) in [7, 11) is 3.09. The molecule has 1 aromatic carbocycles. The fourth-order valence-corrected chi connectivity index (χ4v) is 1.78. The predicted molar refractivity (Wildman–Crippen MR) is 77.1 cm³/mol. The number of phenolic OH excluding ortho intramolecular Hbond substituents is 2. The molecule has 1 amide bonds. The molecule has 5 N–H and O–H groups in total. The van der Waals surface area contributed by atoms with Gasteiger partial charge in [-0.25, -0.2) is 0 Å². The third-order valence-corrected chi connectivity index (χ3v) is 3.02. The van der Waals surface area contributed by atoms with Crippen LogP contribution in [-0.2, 0) is 20.7 Å². The maximum atomic E-state index is 11.9. The summed E-state index contributed by atoms with van der Waals surface area (Å²) in [6.45, 7) is 0.676. The molecule has 0 saturated heterocycles. The minimum Gasteiger partial charge on any atom is -0.504 e. The summed E-state index contributed by atoms with van der Waals surface area (Å²) in [5.74, 6) is -0.764. The van der Waals surface area contributed by atoms with Crippen LogP contribution in [0.2, 0.25) is 0 Å². The molecule has 0 aromatic heterocycles. The predicted octanol–water partition coefficient (Wildman–Crippen LogP) is -0.255. The van der Waals surface area contributed by atoms with Gasteiger partial charge in [0.15, 0.2) is 11.5 Å². The van der Waals surface area contributed by atoms with Crippen molar-refractivity contribution < 1.29 is 24.5 Å². The SMILES string of the molecule is COCC(CNC(=O)[C@@H](N)Cc1ccc(O)c(O)c1)OC. The second-order valence-corrected chi connectivity index (χ2v) is 4.69. The van der Waals surface area contributed by atoms with Crippen molar-refractivity contribution in [3.05, 3.63) is 23.8 Å². The van der Waals surface area contributed by atoms with Crippen LogP contribution >= 0.6 is 0 Å². The Morgan fingerprint density at radius 3 is 2.62 bits per heavy atom. The largest absolute Gasteiger partial charge is 0.504 e. The number of carbonyl (C=O) groups excluding carboxylic acids is 1. The number of hydrogen-bond acceptors (Lipinski definition) is 6. The van der Waals surface area contributed by atoms with E-state index in [0.29, 0.717) is 18.7 Å². The molecule has 0 aliphatic heterocycles. The normalized spacial score (nSPS) is 13.7. The Morgan fingerprint density at radius 1 is 1.33 bits per heavy atom. The zero-order chi connectivity index (χ0) is 15.8. The standard InChI is InChI=1S/C14H22N2O5/c1-20-8-10(21-2)7-16-14(19)11(15)5-9-3-4-12(17)13(18)6-9/h3-4,6,10-11,17-18H,5,7-8,15H2,1-2H3,(H,16,19)/t10?,11-/m0/s1. The van der Waals surface area contributed by atoms with Gasteiger partial charge >= 0.3 is 0 Å². The summed E-state index contributed by atoms with van der Waals surface area (Å²) in [6, 6.07) is 3.58. The van der Waals surface area contributed by atoms with Crippen LogP contribution in [0.3, 0.4) is 0 Å². The minimum atomic E-state index is -0.756. The van der Waals surface area contributed by atoms with Crippen molar-refractivity contribution in [2.45, 2.75) is 18.6 Å². The Labute approximate surface area is 123 Å². The van der Waals surface area contributed by atoms with E-state index in [0.717, 1.165) is 0 Å². The molecule has 2 atom stereocenters. The lowest BCUT2D eigenvalue weighted by molar-refractivity contribution is -0.123. The molecule has 0 spiro atoms. The van der Waals surface area contributed by atoms with E-state index < -0.39 is 6.04 Å². The van der Waals surface area contributed by atoms with Gasteiger partial charge in [0.1, 0.15) is 0 Å². The van der Waals surface area contributed by atoms with E-state index in [2.05, 4.69) is 5.32 Å². The lowest BCUT2D eigenvalue weighted by Gasteiger charge is -2.17. The molecule has 7 nitrogen and oxygen atoms in total. The molecule has 21 heavy (non-hydrogen) atoms. The Bertz CT molecular complexity index is 467. The van der Waals surface area contributed by atoms with Crippen molar-refractivity contribution in [1.82, 2.24) is 5.32 Å². The number of methoxy groups -OCH3 is 2. The molecule has 0 aliphatic rings. The number of nitrogens with two attached hydrogens (primary N) is 1. The summed E-state index contributed by atoms with van der Waals surface area (Å²) in [5.41, 5.74) is 6.47. The van der Waals surface area contributed by atoms with Gasteiger partial charge < -0.3 is 30.7 Å². The van der Waals surface area contributed by atoms with E-state index in [1.54, 1.807) is 13.2 Å². The fourth-order valence-electron chi connectivity index (χ4n) is 1.78. The number of nitrogens with one attached hydrogen (secondary N) is 1. The summed E-state index contributed by atoms with van der Waals surface area (Å²) < 4.78 is 10.1. The van der Waals surface area contributed by atoms with Gasteiger partial charge in [0.05, 0.1) is 18.8 Å². The van der Waals surface area contributed by atoms with E-state index >= 15 is 0 Å². The number of rotatable bonds is 8. The summed E-state index contributed by atoms with van der Waals surface area (Å²) in [6.07, 6.45) is 0.0191. The third kappa shape index (κ3) is 5.58. The maximum Gasteiger partial charge on any atom is 0.237 e. The van der Waals surface area contributed by atoms with Gasteiger partial charge in [0, 0.05) is 20.8 Å². The molecule has 7 heteroatoms. The van der Waals surface area contributed by atoms with Crippen molar-refractivity contribution in [1.29, 1.82) is 0 Å². The maximum absolute atomic E-state index is 11.9. The molecular formula is C14H22N2O5. The quantitative estimate of drug-likeness (QED) is 0.492. The number of aromatic hydroxyl groups is 2. The second kappa shape index (κ2) is 8.46. The molecular weight excluding hydrogens is 276 g/mol. The summed E-state index contributed by atoms with van der Waals surface area (Å²) >= 11 is 0. The number of benzene rings is 1. The highest BCUT2D eigenvalue weighted by atomic mass is 16.5. The van der Waals surface area contributed by atoms with Crippen molar-refractivity contribution in [2.75, 3.05) is 27.4 Å². The van der Waals surface area contributed by atoms with Crippen LogP contribution in [0, 0.1) is 0 Å². The molecule has 1 aromatic rings. The fraction of sp³-hybridized carbons (Fsp3) is 0.500. The second-order valence-electron chi connectivity index (χ2n) is 4.69. The third-order valence-electron chi connectivity index (χ3n) is 3.02. The molecule has 0 heterocycles. The number of hydrogen-bond donors (Lipinski definition) is 4. The van der Waals surface area contributed by atoms with Crippen molar-refractivity contribution in [3.8, 4) is 11.5 Å². The lowest BCUT2D eigenvalue weighted by Crippen LogP contribution is -2.45. The zero-order valence-corrected chi connectivity index (χ0v) is 12.2. The van der Waals surface area contributed by atoms with Crippen LogP contribution in [0.5, 0.6) is 11.5 Å². The summed E-state index contributed by atoms with van der Waals surface area (Å²) in [5, 5.41) is 21.3. The first-order chi connectivity index (χ1) is 9.97. The van der Waals surface area contributed by atoms with E-state index in [1.807, 2.05) is 0 Å². The first-order valence-electron chi connectivity index (χ1n) is 6.53. The van der Waals surface area contributed by atoms with Crippen LogP contribution in [0.4, 0.5) is 0 Å². The average Bonchev–Trinajstić information content (AvgIpc) is 2.46. The highest BCUT2D eigenvalue weighted by Crippen LogP contribution is 2.25. The molecule has 0 bridgehead atoms. The van der Waals surface area contributed by atoms with Crippen molar-refractivity contribution >= 4 is 5.91 Å². The van der Waals surface area contributed by atoms with Gasteiger partial charge in [0.2, 0.25) is 5.91 Å². The monoisotopic (exact) mass is 298 g/mol. The smallest absolute Gasteiger partial charge is 0.237 e. The highest BCUT2D eigenvalue weighted by Gasteiger charge is 2.16. The number of ether oxygens (including phenoxy) is 2. The first-order valence-corrected chi connectivity index (χ1v) is 6.53. The number of amides is 1. The molecule has 1 rings (SSSR count). The lowest BCUT2D eigenvalue weighted by atomic mass is 10.1. The van der Waals surface area contributed by atoms with Crippen LogP contribution in [0.1, 0.15) is 5.56 Å². The zero-order valence-electron chi connectivity index (χ0n) is 12.2. The van der Waals surface area contributed by atoms with E-state index in [1.165, 1.54) is 19.2 Å². The average molecular weight is 298 g/mol. The Morgan fingerprint density at radius 2 is 2.05 bits per heavy atom. The van der Waals surface area contributed by atoms with Gasteiger partial charge in [0.25, 0.3) is 0 Å². The van der Waals surface area contributed by atoms with Gasteiger partial charge in [-0.3, -0.25) is 4.79 Å². The minimum absolute atomic E-state index is 0.209. The highest BCUT2D eigenvalue weighted by molar-refractivity contribution is 5.81. The van der Waals surface area contributed by atoms with E-state index in [4.69, 9.17) is 15.2 Å². The molecule has 0 aliphatic carbocycles. The number of phenols is 2. The van der Waals surface area contributed by atoms with Crippen LogP contribution in [-0.4, -0.2) is 55.6 Å². The Balaban J connectivity index is 2.48. The molecule has 118 valence electrons. The molecule has 0 saturated carbocycles. The van der Waals surface area contributed by atoms with Gasteiger partial charge in [-0.1, -0.05) is 6.07 Å². The van der Waals surface area contributed by atoms with Crippen molar-refractivity contribution in [3.63, 3.8) is 0 Å². The van der Waals surface area contributed by atoms with Gasteiger partial charge in [-0.2, -0.15) is 0 Å². The Hall–Kier alpha value is -1.83. The molecule has 0 fully saturated rings. The first kappa shape index (κ1) is 17.2. The Kier molecular flexibility index (Phi) is 6.93. The number of carbonyl (C=O) groups is 1. The van der Waals surface area contributed by atoms with Gasteiger partial charge in [-0.15, -0.1) is 0 Å². The van der Waals surface area contributed by atoms with Crippen LogP contribution in [0.15, 0.2) is 18.2 Å². The summed E-state index contributed by atoms with van der Waals surface area (Å²) in [4.78, 5) is 11.9. The van der Waals surface area contributed by atoms with Crippen LogP contribution in [0.25, 0.3) is 0 Å². The van der Waals surface area contributed by atoms with Gasteiger partial charge in [-0.05, 0) is 24.1 Å². The van der Waals surface area contributed by atoms with E-state index in [-0.39, 0.29) is 29.9 Å². The van der Waals surface area contributed by atoms with Crippen LogP contribution < -0.4 is 11.1 Å². The molecule has 0 radical (unpaired) electrons. The van der Waals surface area contributed by atoms with Crippen molar-refractivity contribution in [2.24, 2.45) is 5.73 Å². The topological polar surface area (TPSA) is 114 Å².